The van der Waals surface area contributed by atoms with Gasteiger partial charge in [0.05, 0.1) is 5.41 Å². The Hall–Kier alpha value is -1.73. The number of carbonyl (C=O) groups is 3. The van der Waals surface area contributed by atoms with E-state index in [4.69, 9.17) is 9.84 Å². The van der Waals surface area contributed by atoms with E-state index in [0.29, 0.717) is 6.42 Å². The summed E-state index contributed by atoms with van der Waals surface area (Å²) in [4.78, 5) is 33.0. The van der Waals surface area contributed by atoms with Gasteiger partial charge >= 0.3 is 23.8 Å². The van der Waals surface area contributed by atoms with Crippen molar-refractivity contribution in [1.82, 2.24) is 0 Å². The van der Waals surface area contributed by atoms with Crippen molar-refractivity contribution >= 4 is 17.9 Å². The second-order valence-corrected chi connectivity index (χ2v) is 5.32. The highest BCUT2D eigenvalue weighted by molar-refractivity contribution is 5.82. The van der Waals surface area contributed by atoms with Crippen LogP contribution >= 0.6 is 0 Å². The van der Waals surface area contributed by atoms with Gasteiger partial charge in [-0.2, -0.15) is 8.78 Å². The fraction of sp³-hybridized carbons (Fsp3) is 0.769. The van der Waals surface area contributed by atoms with Crippen LogP contribution in [-0.4, -0.2) is 41.6 Å². The van der Waals surface area contributed by atoms with Crippen LogP contribution in [0.1, 0.15) is 40.5 Å². The normalized spacial score (nSPS) is 13.4. The summed E-state index contributed by atoms with van der Waals surface area (Å²) in [7, 11) is 0. The fourth-order valence-corrected chi connectivity index (χ4v) is 1.04. The summed E-state index contributed by atoms with van der Waals surface area (Å²) in [6.45, 7) is 6.19. The van der Waals surface area contributed by atoms with Crippen molar-refractivity contribution in [3.05, 3.63) is 0 Å². The van der Waals surface area contributed by atoms with Crippen LogP contribution in [-0.2, 0) is 23.9 Å². The monoisotopic (exact) mass is 310 g/mol. The van der Waals surface area contributed by atoms with Crippen molar-refractivity contribution in [3.8, 4) is 0 Å². The average molecular weight is 310 g/mol. The molecule has 1 N–H and O–H groups in total. The van der Waals surface area contributed by atoms with E-state index in [1.165, 1.54) is 6.92 Å². The van der Waals surface area contributed by atoms with Crippen molar-refractivity contribution in [3.63, 3.8) is 0 Å². The van der Waals surface area contributed by atoms with Crippen LogP contribution in [0.2, 0.25) is 0 Å². The molecule has 0 aromatic rings. The maximum atomic E-state index is 12.7. The number of rotatable bonds is 8. The van der Waals surface area contributed by atoms with Gasteiger partial charge in [0.1, 0.15) is 19.1 Å². The smallest absolute Gasteiger partial charge is 0.375 e. The summed E-state index contributed by atoms with van der Waals surface area (Å²) in [5.74, 6) is -8.45. The topological polar surface area (TPSA) is 89.9 Å². The zero-order chi connectivity index (χ0) is 16.8. The van der Waals surface area contributed by atoms with E-state index >= 15 is 0 Å². The third-order valence-corrected chi connectivity index (χ3v) is 2.90. The number of carbonyl (C=O) groups excluding carboxylic acids is 2. The van der Waals surface area contributed by atoms with Crippen molar-refractivity contribution < 1.29 is 37.7 Å². The summed E-state index contributed by atoms with van der Waals surface area (Å²) < 4.78 is 35.0. The molecule has 0 aliphatic rings. The molecule has 21 heavy (non-hydrogen) atoms. The molecule has 0 spiro atoms. The first-order valence-corrected chi connectivity index (χ1v) is 6.40. The molecule has 0 saturated carbocycles. The molecular weight excluding hydrogens is 290 g/mol. The van der Waals surface area contributed by atoms with Gasteiger partial charge in [0, 0.05) is 0 Å². The minimum atomic E-state index is -4.18. The van der Waals surface area contributed by atoms with Crippen LogP contribution in [0.15, 0.2) is 0 Å². The highest BCUT2D eigenvalue weighted by atomic mass is 19.3. The molecule has 8 heteroatoms. The van der Waals surface area contributed by atoms with Gasteiger partial charge in [0.15, 0.2) is 0 Å². The minimum absolute atomic E-state index is 0.417. The van der Waals surface area contributed by atoms with E-state index in [1.807, 2.05) is 0 Å². The second-order valence-electron chi connectivity index (χ2n) is 5.32. The first kappa shape index (κ1) is 19.3. The zero-order valence-corrected chi connectivity index (χ0v) is 12.4. The van der Waals surface area contributed by atoms with Crippen molar-refractivity contribution in [1.29, 1.82) is 0 Å². The quantitative estimate of drug-likeness (QED) is 0.690. The molecule has 6 nitrogen and oxygen atoms in total. The number of esters is 2. The van der Waals surface area contributed by atoms with Crippen molar-refractivity contribution in [2.75, 3.05) is 6.61 Å². The summed E-state index contributed by atoms with van der Waals surface area (Å²) in [5.41, 5.74) is -0.700. The lowest BCUT2D eigenvalue weighted by Crippen LogP contribution is -2.34. The molecule has 0 aliphatic heterocycles. The maximum Gasteiger partial charge on any atom is 0.375 e. The molecule has 1 unspecified atom stereocenters. The molecule has 0 bridgehead atoms. The van der Waals surface area contributed by atoms with E-state index in [2.05, 4.69) is 4.74 Å². The minimum Gasteiger partial charge on any atom is -0.477 e. The fourth-order valence-electron chi connectivity index (χ4n) is 1.04. The summed E-state index contributed by atoms with van der Waals surface area (Å²) >= 11 is 0. The third kappa shape index (κ3) is 6.50. The van der Waals surface area contributed by atoms with Gasteiger partial charge in [-0.3, -0.25) is 9.59 Å². The molecule has 0 rings (SSSR count). The van der Waals surface area contributed by atoms with Crippen LogP contribution < -0.4 is 0 Å². The molecule has 0 radical (unpaired) electrons. The largest absolute Gasteiger partial charge is 0.477 e. The summed E-state index contributed by atoms with van der Waals surface area (Å²) in [6.07, 6.45) is -1.84. The Morgan fingerprint density at radius 3 is 2.19 bits per heavy atom. The molecule has 0 aliphatic carbocycles. The molecule has 0 aromatic carbocycles. The summed E-state index contributed by atoms with van der Waals surface area (Å²) in [6, 6.07) is 0. The second kappa shape index (κ2) is 7.33. The van der Waals surface area contributed by atoms with Gasteiger partial charge in [0.25, 0.3) is 0 Å². The van der Waals surface area contributed by atoms with Crippen molar-refractivity contribution in [2.45, 2.75) is 52.6 Å². The van der Waals surface area contributed by atoms with Gasteiger partial charge in [-0.15, -0.1) is 0 Å². The molecule has 122 valence electrons. The number of ether oxygens (including phenoxy) is 2. The van der Waals surface area contributed by atoms with E-state index in [0.717, 1.165) is 0 Å². The van der Waals surface area contributed by atoms with Crippen molar-refractivity contribution in [2.24, 2.45) is 5.41 Å². The number of hydrogen-bond acceptors (Lipinski definition) is 5. The number of aliphatic carboxylic acids is 1. The Morgan fingerprint density at radius 2 is 1.76 bits per heavy atom. The molecule has 0 amide bonds. The number of hydrogen-bond donors (Lipinski definition) is 1. The lowest BCUT2D eigenvalue weighted by molar-refractivity contribution is -0.176. The van der Waals surface area contributed by atoms with Gasteiger partial charge in [-0.25, -0.2) is 4.79 Å². The molecule has 1 atom stereocenters. The average Bonchev–Trinajstić information content (AvgIpc) is 2.35. The lowest BCUT2D eigenvalue weighted by atomic mass is 9.91. The van der Waals surface area contributed by atoms with Gasteiger partial charge in [-0.1, -0.05) is 6.92 Å². The summed E-state index contributed by atoms with van der Waals surface area (Å²) in [5, 5.41) is 8.18. The lowest BCUT2D eigenvalue weighted by Gasteiger charge is -2.23. The standard InChI is InChI=1S/C13H20F2O6/c1-5-12(3,4)11(19)21-8(2)7-20-9(16)6-13(14,15)10(17)18/h8H,5-7H2,1-4H3,(H,17,18). The number of carboxylic acid groups (broad SMARTS) is 1. The molecule has 0 heterocycles. The van der Waals surface area contributed by atoms with Crippen LogP contribution in [0.25, 0.3) is 0 Å². The molecule has 0 saturated heterocycles. The first-order chi connectivity index (χ1) is 9.42. The zero-order valence-electron chi connectivity index (χ0n) is 12.4. The number of carboxylic acids is 1. The molecule has 0 aromatic heterocycles. The van der Waals surface area contributed by atoms with E-state index in [1.54, 1.807) is 20.8 Å². The van der Waals surface area contributed by atoms with E-state index in [9.17, 15) is 23.2 Å². The Labute approximate surface area is 121 Å². The van der Waals surface area contributed by atoms with Crippen LogP contribution in [0.3, 0.4) is 0 Å². The third-order valence-electron chi connectivity index (χ3n) is 2.90. The first-order valence-electron chi connectivity index (χ1n) is 6.40. The Balaban J connectivity index is 4.26. The van der Waals surface area contributed by atoms with Gasteiger partial charge < -0.3 is 14.6 Å². The van der Waals surface area contributed by atoms with Gasteiger partial charge in [-0.05, 0) is 27.2 Å². The molecule has 0 fully saturated rings. The van der Waals surface area contributed by atoms with E-state index < -0.39 is 48.4 Å². The number of halogens is 2. The SMILES string of the molecule is CCC(C)(C)C(=O)OC(C)COC(=O)CC(F)(F)C(=O)O. The predicted molar refractivity (Wildman–Crippen MR) is 67.8 cm³/mol. The highest BCUT2D eigenvalue weighted by Gasteiger charge is 2.42. The van der Waals surface area contributed by atoms with Crippen LogP contribution in [0.5, 0.6) is 0 Å². The Bertz CT molecular complexity index is 405. The number of alkyl halides is 2. The predicted octanol–water partition coefficient (Wildman–Crippen LogP) is 2.01. The van der Waals surface area contributed by atoms with Crippen LogP contribution in [0.4, 0.5) is 8.78 Å². The van der Waals surface area contributed by atoms with Crippen LogP contribution in [0, 0.1) is 5.41 Å². The van der Waals surface area contributed by atoms with Gasteiger partial charge in [0.2, 0.25) is 0 Å². The Morgan fingerprint density at radius 1 is 1.24 bits per heavy atom. The maximum absolute atomic E-state index is 12.7. The van der Waals surface area contributed by atoms with E-state index in [-0.39, 0.29) is 0 Å². The highest BCUT2D eigenvalue weighted by Crippen LogP contribution is 2.22. The molecular formula is C13H20F2O6. The Kier molecular flexibility index (Phi) is 6.72.